The third kappa shape index (κ3) is 3.98. The summed E-state index contributed by atoms with van der Waals surface area (Å²) in [4.78, 5) is 14.2. The van der Waals surface area contributed by atoms with E-state index in [1.807, 2.05) is 38.1 Å². The lowest BCUT2D eigenvalue weighted by atomic mass is 10.2. The second-order valence-corrected chi connectivity index (χ2v) is 5.70. The Morgan fingerprint density at radius 1 is 1.41 bits per heavy atom. The van der Waals surface area contributed by atoms with Gasteiger partial charge in [0.2, 0.25) is 0 Å². The molecule has 0 saturated carbocycles. The highest BCUT2D eigenvalue weighted by Crippen LogP contribution is 2.16. The molecule has 0 saturated heterocycles. The van der Waals surface area contributed by atoms with E-state index >= 15 is 0 Å². The minimum atomic E-state index is -0.0316. The molecule has 0 atom stereocenters. The second-order valence-electron chi connectivity index (χ2n) is 5.29. The van der Waals surface area contributed by atoms with Crippen molar-refractivity contribution < 1.29 is 4.79 Å². The molecular weight excluding hydrogens is 298 g/mol. The standard InChI is InChI=1S/C17H20ClN3O/c1-4-20(10-13(2)3)17(22)15-9-19-21(12-15)11-14-7-5-6-8-16(14)18/h5-9,12H,2,4,10-11H2,1,3H3. The molecule has 0 aliphatic carbocycles. The maximum atomic E-state index is 12.4. The van der Waals surface area contributed by atoms with Crippen molar-refractivity contribution in [2.75, 3.05) is 13.1 Å². The van der Waals surface area contributed by atoms with Crippen LogP contribution in [0, 0.1) is 0 Å². The highest BCUT2D eigenvalue weighted by molar-refractivity contribution is 6.31. The van der Waals surface area contributed by atoms with E-state index in [1.54, 1.807) is 22.0 Å². The number of benzene rings is 1. The Labute approximate surface area is 136 Å². The first-order valence-corrected chi connectivity index (χ1v) is 7.58. The van der Waals surface area contributed by atoms with Gasteiger partial charge in [-0.1, -0.05) is 42.0 Å². The fraction of sp³-hybridized carbons (Fsp3) is 0.294. The first-order chi connectivity index (χ1) is 10.5. The Morgan fingerprint density at radius 2 is 2.14 bits per heavy atom. The molecule has 0 radical (unpaired) electrons. The van der Waals surface area contributed by atoms with E-state index in [4.69, 9.17) is 11.6 Å². The van der Waals surface area contributed by atoms with Crippen molar-refractivity contribution in [3.05, 3.63) is 65.0 Å². The fourth-order valence-electron chi connectivity index (χ4n) is 2.20. The third-order valence-corrected chi connectivity index (χ3v) is 3.67. The molecule has 0 bridgehead atoms. The van der Waals surface area contributed by atoms with E-state index in [9.17, 15) is 4.79 Å². The SMILES string of the molecule is C=C(C)CN(CC)C(=O)c1cnn(Cc2ccccc2Cl)c1. The van der Waals surface area contributed by atoms with Gasteiger partial charge < -0.3 is 4.90 Å². The molecule has 2 rings (SSSR count). The molecule has 2 aromatic rings. The summed E-state index contributed by atoms with van der Waals surface area (Å²) in [5.41, 5.74) is 2.51. The van der Waals surface area contributed by atoms with Crippen LogP contribution in [-0.4, -0.2) is 33.7 Å². The summed E-state index contributed by atoms with van der Waals surface area (Å²) in [7, 11) is 0. The molecule has 0 N–H and O–H groups in total. The normalized spacial score (nSPS) is 10.5. The number of hydrogen-bond donors (Lipinski definition) is 0. The fourth-order valence-corrected chi connectivity index (χ4v) is 2.39. The number of rotatable bonds is 6. The van der Waals surface area contributed by atoms with Crippen LogP contribution in [0.4, 0.5) is 0 Å². The monoisotopic (exact) mass is 317 g/mol. The molecule has 4 nitrogen and oxygen atoms in total. The van der Waals surface area contributed by atoms with Crippen LogP contribution in [0.5, 0.6) is 0 Å². The molecule has 1 amide bonds. The molecule has 1 aromatic heterocycles. The Bertz CT molecular complexity index is 678. The first kappa shape index (κ1) is 16.3. The maximum absolute atomic E-state index is 12.4. The van der Waals surface area contributed by atoms with Gasteiger partial charge in [0.1, 0.15) is 0 Å². The molecule has 5 heteroatoms. The Hall–Kier alpha value is -2.07. The maximum Gasteiger partial charge on any atom is 0.257 e. The largest absolute Gasteiger partial charge is 0.335 e. The Kier molecular flexibility index (Phi) is 5.39. The topological polar surface area (TPSA) is 38.1 Å². The van der Waals surface area contributed by atoms with Gasteiger partial charge in [-0.25, -0.2) is 0 Å². The molecule has 22 heavy (non-hydrogen) atoms. The van der Waals surface area contributed by atoms with Gasteiger partial charge >= 0.3 is 0 Å². The van der Waals surface area contributed by atoms with Crippen molar-refractivity contribution in [1.29, 1.82) is 0 Å². The van der Waals surface area contributed by atoms with Gasteiger partial charge in [0, 0.05) is 24.3 Å². The highest BCUT2D eigenvalue weighted by atomic mass is 35.5. The average Bonchev–Trinajstić information content (AvgIpc) is 2.95. The number of carbonyl (C=O) groups is 1. The number of hydrogen-bond acceptors (Lipinski definition) is 2. The Morgan fingerprint density at radius 3 is 2.77 bits per heavy atom. The molecule has 116 valence electrons. The molecule has 0 aliphatic heterocycles. The van der Waals surface area contributed by atoms with Crippen LogP contribution in [-0.2, 0) is 6.54 Å². The van der Waals surface area contributed by atoms with E-state index in [1.165, 1.54) is 0 Å². The van der Waals surface area contributed by atoms with Gasteiger partial charge in [-0.2, -0.15) is 5.10 Å². The van der Waals surface area contributed by atoms with Crippen molar-refractivity contribution in [1.82, 2.24) is 14.7 Å². The summed E-state index contributed by atoms with van der Waals surface area (Å²) < 4.78 is 1.73. The summed E-state index contributed by atoms with van der Waals surface area (Å²) >= 11 is 6.15. The van der Waals surface area contributed by atoms with Crippen LogP contribution in [0.15, 0.2) is 48.8 Å². The van der Waals surface area contributed by atoms with Crippen LogP contribution >= 0.6 is 11.6 Å². The molecule has 0 fully saturated rings. The average molecular weight is 318 g/mol. The van der Waals surface area contributed by atoms with Crippen LogP contribution < -0.4 is 0 Å². The summed E-state index contributed by atoms with van der Waals surface area (Å²) in [6.45, 7) is 9.47. The lowest BCUT2D eigenvalue weighted by Crippen LogP contribution is -2.31. The highest BCUT2D eigenvalue weighted by Gasteiger charge is 2.16. The van der Waals surface area contributed by atoms with Crippen LogP contribution in [0.25, 0.3) is 0 Å². The predicted molar refractivity (Wildman–Crippen MR) is 89.2 cm³/mol. The lowest BCUT2D eigenvalue weighted by Gasteiger charge is -2.19. The Balaban J connectivity index is 2.12. The van der Waals surface area contributed by atoms with Crippen LogP contribution in [0.3, 0.4) is 0 Å². The molecular formula is C17H20ClN3O. The van der Waals surface area contributed by atoms with E-state index in [2.05, 4.69) is 11.7 Å². The van der Waals surface area contributed by atoms with Crippen molar-refractivity contribution in [3.63, 3.8) is 0 Å². The zero-order valence-electron chi connectivity index (χ0n) is 12.9. The predicted octanol–water partition coefficient (Wildman–Crippen LogP) is 3.62. The van der Waals surface area contributed by atoms with Crippen LogP contribution in [0.1, 0.15) is 29.8 Å². The third-order valence-electron chi connectivity index (χ3n) is 3.30. The summed E-state index contributed by atoms with van der Waals surface area (Å²) in [6.07, 6.45) is 3.35. The molecule has 0 unspecified atom stereocenters. The minimum absolute atomic E-state index is 0.0316. The number of nitrogens with zero attached hydrogens (tertiary/aromatic N) is 3. The van der Waals surface area contributed by atoms with E-state index in [0.717, 1.165) is 11.1 Å². The van der Waals surface area contributed by atoms with Gasteiger partial charge in [0.05, 0.1) is 18.3 Å². The van der Waals surface area contributed by atoms with Gasteiger partial charge in [-0.05, 0) is 25.5 Å². The summed E-state index contributed by atoms with van der Waals surface area (Å²) in [5, 5.41) is 4.96. The van der Waals surface area contributed by atoms with Crippen molar-refractivity contribution in [2.24, 2.45) is 0 Å². The van der Waals surface area contributed by atoms with Gasteiger partial charge in [0.25, 0.3) is 5.91 Å². The van der Waals surface area contributed by atoms with Crippen molar-refractivity contribution in [3.8, 4) is 0 Å². The number of halogens is 1. The van der Waals surface area contributed by atoms with Crippen molar-refractivity contribution in [2.45, 2.75) is 20.4 Å². The van der Waals surface area contributed by atoms with Gasteiger partial charge in [-0.3, -0.25) is 9.48 Å². The van der Waals surface area contributed by atoms with E-state index in [-0.39, 0.29) is 5.91 Å². The zero-order valence-corrected chi connectivity index (χ0v) is 13.7. The first-order valence-electron chi connectivity index (χ1n) is 7.20. The quantitative estimate of drug-likeness (QED) is 0.763. The molecule has 1 heterocycles. The van der Waals surface area contributed by atoms with Gasteiger partial charge in [-0.15, -0.1) is 0 Å². The van der Waals surface area contributed by atoms with E-state index < -0.39 is 0 Å². The zero-order chi connectivity index (χ0) is 16.1. The number of aromatic nitrogens is 2. The summed E-state index contributed by atoms with van der Waals surface area (Å²) in [5.74, 6) is -0.0316. The molecule has 0 aliphatic rings. The molecule has 0 spiro atoms. The minimum Gasteiger partial charge on any atom is -0.335 e. The number of amides is 1. The number of likely N-dealkylation sites (N-methyl/N-ethyl adjacent to an activating group) is 1. The van der Waals surface area contributed by atoms with Crippen molar-refractivity contribution >= 4 is 17.5 Å². The molecule has 1 aromatic carbocycles. The van der Waals surface area contributed by atoms with Crippen LogP contribution in [0.2, 0.25) is 5.02 Å². The van der Waals surface area contributed by atoms with Gasteiger partial charge in [0.15, 0.2) is 0 Å². The number of carbonyl (C=O) groups excluding carboxylic acids is 1. The lowest BCUT2D eigenvalue weighted by molar-refractivity contribution is 0.0778. The smallest absolute Gasteiger partial charge is 0.257 e. The van der Waals surface area contributed by atoms with E-state index in [0.29, 0.717) is 30.2 Å². The second kappa shape index (κ2) is 7.27. The summed E-state index contributed by atoms with van der Waals surface area (Å²) in [6, 6.07) is 7.62.